The largest absolute Gasteiger partial charge is 0.497 e. The summed E-state index contributed by atoms with van der Waals surface area (Å²) in [4.78, 5) is 22.4. The molecule has 2 saturated heterocycles. The summed E-state index contributed by atoms with van der Waals surface area (Å²) in [7, 11) is 1.64. The van der Waals surface area contributed by atoms with Crippen LogP contribution in [0.2, 0.25) is 0 Å². The maximum absolute atomic E-state index is 12.4. The summed E-state index contributed by atoms with van der Waals surface area (Å²) in [6.45, 7) is 0.888. The van der Waals surface area contributed by atoms with Gasteiger partial charge in [0.15, 0.2) is 0 Å². The fourth-order valence-corrected chi connectivity index (χ4v) is 4.80. The number of nitrogens with zero attached hydrogens (tertiary/aromatic N) is 2. The Morgan fingerprint density at radius 2 is 1.91 bits per heavy atom. The van der Waals surface area contributed by atoms with Gasteiger partial charge in [0.1, 0.15) is 18.0 Å². The van der Waals surface area contributed by atoms with Crippen molar-refractivity contribution in [2.75, 3.05) is 25.6 Å². The van der Waals surface area contributed by atoms with E-state index in [2.05, 4.69) is 20.6 Å². The summed E-state index contributed by atoms with van der Waals surface area (Å²) in [6, 6.07) is 13.3. The average Bonchev–Trinajstić information content (AvgIpc) is 3.55. The molecule has 2 aliphatic rings. The quantitative estimate of drug-likeness (QED) is 0.569. The number of nitrogens with one attached hydrogen (secondary N) is 2. The summed E-state index contributed by atoms with van der Waals surface area (Å²) < 4.78 is 17.2. The van der Waals surface area contributed by atoms with E-state index in [0.29, 0.717) is 25.6 Å². The molecule has 0 radical (unpaired) electrons. The SMILES string of the molecule is COc1ccc(-c2ccnc(N[C@H]3CO[C@H]4[C@@H]3OC[C@@H]4NC(=O)Cc3cccs3)n2)cc1. The van der Waals surface area contributed by atoms with Crippen LogP contribution in [0, 0.1) is 0 Å². The Hall–Kier alpha value is -3.01. The zero-order chi connectivity index (χ0) is 21.9. The molecule has 3 aromatic rings. The van der Waals surface area contributed by atoms with Gasteiger partial charge >= 0.3 is 0 Å². The first-order valence-electron chi connectivity index (χ1n) is 10.5. The summed E-state index contributed by atoms with van der Waals surface area (Å²) in [5.74, 6) is 1.30. The second-order valence-corrected chi connectivity index (χ2v) is 8.80. The molecule has 1 aromatic carbocycles. The van der Waals surface area contributed by atoms with Crippen LogP contribution in [0.3, 0.4) is 0 Å². The molecule has 0 aliphatic carbocycles. The smallest absolute Gasteiger partial charge is 0.225 e. The molecule has 166 valence electrons. The van der Waals surface area contributed by atoms with Crippen LogP contribution in [-0.4, -0.2) is 60.5 Å². The lowest BCUT2D eigenvalue weighted by atomic mass is 10.1. The number of amides is 1. The summed E-state index contributed by atoms with van der Waals surface area (Å²) in [5.41, 5.74) is 1.79. The molecule has 0 saturated carbocycles. The molecular weight excluding hydrogens is 428 g/mol. The van der Waals surface area contributed by atoms with Gasteiger partial charge in [-0.25, -0.2) is 9.97 Å². The van der Waals surface area contributed by atoms with Gasteiger partial charge < -0.3 is 24.8 Å². The topological polar surface area (TPSA) is 94.6 Å². The lowest BCUT2D eigenvalue weighted by Crippen LogP contribution is -2.45. The maximum atomic E-state index is 12.4. The van der Waals surface area contributed by atoms with E-state index in [4.69, 9.17) is 14.2 Å². The van der Waals surface area contributed by atoms with Gasteiger partial charge in [-0.15, -0.1) is 11.3 Å². The molecular formula is C23H24N4O4S. The Bertz CT molecular complexity index is 1060. The number of aromatic nitrogens is 2. The van der Waals surface area contributed by atoms with E-state index in [9.17, 15) is 4.79 Å². The minimum atomic E-state index is -0.190. The van der Waals surface area contributed by atoms with E-state index >= 15 is 0 Å². The number of benzene rings is 1. The zero-order valence-electron chi connectivity index (χ0n) is 17.6. The summed E-state index contributed by atoms with van der Waals surface area (Å²) in [5, 5.41) is 8.38. The van der Waals surface area contributed by atoms with E-state index < -0.39 is 0 Å². The van der Waals surface area contributed by atoms with E-state index in [1.807, 2.05) is 47.8 Å². The van der Waals surface area contributed by atoms with E-state index in [-0.39, 0.29) is 30.2 Å². The third kappa shape index (κ3) is 4.45. The molecule has 0 unspecified atom stereocenters. The van der Waals surface area contributed by atoms with E-state index in [1.54, 1.807) is 24.6 Å². The normalized spacial score (nSPS) is 24.2. The van der Waals surface area contributed by atoms with Gasteiger partial charge in [0.25, 0.3) is 0 Å². The molecule has 8 nitrogen and oxygen atoms in total. The Labute approximate surface area is 189 Å². The van der Waals surface area contributed by atoms with Crippen molar-refractivity contribution in [3.8, 4) is 17.0 Å². The second-order valence-electron chi connectivity index (χ2n) is 7.77. The van der Waals surface area contributed by atoms with Gasteiger partial charge in [0.2, 0.25) is 11.9 Å². The first kappa shape index (κ1) is 20.9. The number of carbonyl (C=O) groups excluding carboxylic acids is 1. The van der Waals surface area contributed by atoms with Crippen LogP contribution >= 0.6 is 11.3 Å². The third-order valence-corrected chi connectivity index (χ3v) is 6.55. The van der Waals surface area contributed by atoms with E-state index in [0.717, 1.165) is 21.9 Å². The number of hydrogen-bond donors (Lipinski definition) is 2. The molecule has 2 aromatic heterocycles. The number of anilines is 1. The molecule has 9 heteroatoms. The number of thiophene rings is 1. The Morgan fingerprint density at radius 1 is 1.12 bits per heavy atom. The highest BCUT2D eigenvalue weighted by Gasteiger charge is 2.48. The second kappa shape index (κ2) is 9.23. The summed E-state index contributed by atoms with van der Waals surface area (Å²) >= 11 is 1.58. The number of fused-ring (bicyclic) bond motifs is 1. The van der Waals surface area contributed by atoms with Crippen molar-refractivity contribution in [2.24, 2.45) is 0 Å². The van der Waals surface area contributed by atoms with Crippen molar-refractivity contribution < 1.29 is 19.0 Å². The first-order valence-corrected chi connectivity index (χ1v) is 11.4. The van der Waals surface area contributed by atoms with Crippen molar-refractivity contribution in [3.05, 3.63) is 58.9 Å². The Balaban J connectivity index is 1.20. The molecule has 32 heavy (non-hydrogen) atoms. The first-order chi connectivity index (χ1) is 15.7. The molecule has 2 aliphatic heterocycles. The monoisotopic (exact) mass is 452 g/mol. The van der Waals surface area contributed by atoms with Crippen LogP contribution in [0.25, 0.3) is 11.3 Å². The summed E-state index contributed by atoms with van der Waals surface area (Å²) in [6.07, 6.45) is 1.74. The van der Waals surface area contributed by atoms with Crippen LogP contribution in [0.15, 0.2) is 54.0 Å². The average molecular weight is 453 g/mol. The van der Waals surface area contributed by atoms with Crippen LogP contribution < -0.4 is 15.4 Å². The molecule has 0 spiro atoms. The Morgan fingerprint density at radius 3 is 2.66 bits per heavy atom. The molecule has 5 rings (SSSR count). The lowest BCUT2D eigenvalue weighted by Gasteiger charge is -2.18. The minimum absolute atomic E-state index is 0.0164. The van der Waals surface area contributed by atoms with Crippen molar-refractivity contribution in [3.63, 3.8) is 0 Å². The molecule has 0 bridgehead atoms. The predicted molar refractivity (Wildman–Crippen MR) is 121 cm³/mol. The minimum Gasteiger partial charge on any atom is -0.497 e. The number of rotatable bonds is 7. The van der Waals surface area contributed by atoms with Crippen molar-refractivity contribution in [1.29, 1.82) is 0 Å². The number of hydrogen-bond acceptors (Lipinski definition) is 8. The lowest BCUT2D eigenvalue weighted by molar-refractivity contribution is -0.121. The standard InChI is InChI=1S/C23H24N4O4S/c1-29-15-6-4-14(5-7-15)17-8-9-24-23(26-17)27-19-13-31-21-18(12-30-22(19)21)25-20(28)11-16-3-2-10-32-16/h2-10,18-19,21-22H,11-13H2,1H3,(H,25,28)(H,24,26,27)/t18-,19-,21+,22+/m0/s1. The fraction of sp³-hybridized carbons (Fsp3) is 0.348. The van der Waals surface area contributed by atoms with Crippen molar-refractivity contribution >= 4 is 23.2 Å². The highest BCUT2D eigenvalue weighted by atomic mass is 32.1. The fourth-order valence-electron chi connectivity index (χ4n) is 4.09. The third-order valence-electron chi connectivity index (χ3n) is 5.67. The van der Waals surface area contributed by atoms with Gasteiger partial charge in [-0.2, -0.15) is 0 Å². The number of ether oxygens (including phenoxy) is 3. The molecule has 1 amide bonds. The number of methoxy groups -OCH3 is 1. The van der Waals surface area contributed by atoms with Crippen LogP contribution in [0.4, 0.5) is 5.95 Å². The van der Waals surface area contributed by atoms with Crippen LogP contribution in [0.5, 0.6) is 5.75 Å². The zero-order valence-corrected chi connectivity index (χ0v) is 18.4. The van der Waals surface area contributed by atoms with Gasteiger partial charge in [-0.1, -0.05) is 6.07 Å². The molecule has 2 fully saturated rings. The molecule has 2 N–H and O–H groups in total. The molecule has 4 heterocycles. The number of carbonyl (C=O) groups is 1. The predicted octanol–water partition coefficient (Wildman–Crippen LogP) is 2.52. The highest BCUT2D eigenvalue weighted by Crippen LogP contribution is 2.29. The van der Waals surface area contributed by atoms with Gasteiger partial charge in [0, 0.05) is 16.6 Å². The van der Waals surface area contributed by atoms with Crippen molar-refractivity contribution in [2.45, 2.75) is 30.7 Å². The van der Waals surface area contributed by atoms with Gasteiger partial charge in [-0.05, 0) is 41.8 Å². The highest BCUT2D eigenvalue weighted by molar-refractivity contribution is 7.10. The van der Waals surface area contributed by atoms with Gasteiger partial charge in [0.05, 0.1) is 44.5 Å². The van der Waals surface area contributed by atoms with Crippen LogP contribution in [-0.2, 0) is 20.7 Å². The maximum Gasteiger partial charge on any atom is 0.225 e. The Kier molecular flexibility index (Phi) is 6.02. The van der Waals surface area contributed by atoms with E-state index in [1.165, 1.54) is 0 Å². The van der Waals surface area contributed by atoms with Gasteiger partial charge in [-0.3, -0.25) is 4.79 Å². The van der Waals surface area contributed by atoms with Crippen molar-refractivity contribution in [1.82, 2.24) is 15.3 Å². The molecule has 4 atom stereocenters. The van der Waals surface area contributed by atoms with Crippen LogP contribution in [0.1, 0.15) is 4.88 Å².